The number of carbonyl (C=O) groups is 3. The lowest BCUT2D eigenvalue weighted by atomic mass is 9.96. The zero-order chi connectivity index (χ0) is 22.5. The van der Waals surface area contributed by atoms with Gasteiger partial charge in [0.25, 0.3) is 0 Å². The van der Waals surface area contributed by atoms with Gasteiger partial charge in [0.2, 0.25) is 0 Å². The Balaban J connectivity index is 1.77. The van der Waals surface area contributed by atoms with E-state index >= 15 is 0 Å². The summed E-state index contributed by atoms with van der Waals surface area (Å²) < 4.78 is 5.05. The van der Waals surface area contributed by atoms with Gasteiger partial charge in [-0.3, -0.25) is 4.79 Å². The average Bonchev–Trinajstić information content (AvgIpc) is 3.11. The molecule has 2 unspecified atom stereocenters. The topological polar surface area (TPSA) is 66.9 Å². The van der Waals surface area contributed by atoms with E-state index in [9.17, 15) is 14.4 Å². The fourth-order valence-corrected chi connectivity index (χ4v) is 4.07. The van der Waals surface area contributed by atoms with Gasteiger partial charge in [-0.15, -0.1) is 0 Å². The summed E-state index contributed by atoms with van der Waals surface area (Å²) in [5.74, 6) is -0.903. The van der Waals surface area contributed by atoms with Gasteiger partial charge in [-0.1, -0.05) is 91.0 Å². The first-order chi connectivity index (χ1) is 15.6. The number of benzene rings is 3. The van der Waals surface area contributed by atoms with Crippen LogP contribution in [0.4, 0.5) is 4.79 Å². The molecule has 3 aromatic rings. The number of rotatable bonds is 7. The Labute approximate surface area is 187 Å². The molecule has 2 atom stereocenters. The molecule has 0 aliphatic carbocycles. The van der Waals surface area contributed by atoms with Crippen LogP contribution in [0.5, 0.6) is 0 Å². The third-order valence-electron chi connectivity index (χ3n) is 5.62. The average molecular weight is 428 g/mol. The minimum absolute atomic E-state index is 0.198. The van der Waals surface area contributed by atoms with Crippen LogP contribution < -0.4 is 0 Å². The predicted octanol–water partition coefficient (Wildman–Crippen LogP) is 3.92. The Kier molecular flexibility index (Phi) is 6.31. The van der Waals surface area contributed by atoms with Crippen molar-refractivity contribution in [1.29, 1.82) is 0 Å². The molecule has 2 amide bonds. The molecule has 6 heteroatoms. The summed E-state index contributed by atoms with van der Waals surface area (Å²) in [5, 5.41) is 0. The van der Waals surface area contributed by atoms with E-state index in [1.165, 1.54) is 16.9 Å². The SMILES string of the molecule is COC(=O)C1C(C(=O)c2ccccc2)N(Cc2ccccc2)C(=O)N1Cc1ccccc1. The first-order valence-electron chi connectivity index (χ1n) is 10.4. The van der Waals surface area contributed by atoms with Crippen LogP contribution in [0.25, 0.3) is 0 Å². The molecule has 0 spiro atoms. The zero-order valence-electron chi connectivity index (χ0n) is 17.8. The van der Waals surface area contributed by atoms with E-state index in [4.69, 9.17) is 4.74 Å². The normalized spacial score (nSPS) is 18.0. The molecule has 4 rings (SSSR count). The lowest BCUT2D eigenvalue weighted by Gasteiger charge is -2.25. The second-order valence-electron chi connectivity index (χ2n) is 7.65. The van der Waals surface area contributed by atoms with E-state index in [-0.39, 0.29) is 24.9 Å². The number of urea groups is 1. The van der Waals surface area contributed by atoms with Crippen molar-refractivity contribution in [2.45, 2.75) is 25.2 Å². The molecule has 32 heavy (non-hydrogen) atoms. The van der Waals surface area contributed by atoms with E-state index in [0.29, 0.717) is 5.56 Å². The molecular formula is C26H24N2O4. The van der Waals surface area contributed by atoms with Crippen molar-refractivity contribution in [3.8, 4) is 0 Å². The van der Waals surface area contributed by atoms with Gasteiger partial charge in [-0.2, -0.15) is 0 Å². The van der Waals surface area contributed by atoms with E-state index in [2.05, 4.69) is 0 Å². The van der Waals surface area contributed by atoms with Crippen LogP contribution in [0.15, 0.2) is 91.0 Å². The van der Waals surface area contributed by atoms with Crippen molar-refractivity contribution in [3.63, 3.8) is 0 Å². The minimum Gasteiger partial charge on any atom is -0.467 e. The zero-order valence-corrected chi connectivity index (χ0v) is 17.8. The lowest BCUT2D eigenvalue weighted by molar-refractivity contribution is -0.145. The molecule has 3 aromatic carbocycles. The lowest BCUT2D eigenvalue weighted by Crippen LogP contribution is -2.48. The van der Waals surface area contributed by atoms with E-state index in [1.54, 1.807) is 24.3 Å². The Morgan fingerprint density at radius 3 is 1.62 bits per heavy atom. The maximum Gasteiger partial charge on any atom is 0.331 e. The number of carbonyl (C=O) groups excluding carboxylic acids is 3. The number of methoxy groups -OCH3 is 1. The maximum absolute atomic E-state index is 13.6. The summed E-state index contributed by atoms with van der Waals surface area (Å²) in [6, 6.07) is 25.1. The van der Waals surface area contributed by atoms with Gasteiger partial charge in [0.05, 0.1) is 7.11 Å². The van der Waals surface area contributed by atoms with Crippen LogP contribution in [0, 0.1) is 0 Å². The van der Waals surface area contributed by atoms with Crippen molar-refractivity contribution < 1.29 is 19.1 Å². The van der Waals surface area contributed by atoms with Crippen LogP contribution in [-0.4, -0.2) is 46.8 Å². The van der Waals surface area contributed by atoms with Crippen LogP contribution in [0.1, 0.15) is 21.5 Å². The van der Waals surface area contributed by atoms with Crippen LogP contribution in [0.2, 0.25) is 0 Å². The molecule has 1 heterocycles. The predicted molar refractivity (Wildman–Crippen MR) is 120 cm³/mol. The summed E-state index contributed by atoms with van der Waals surface area (Å²) >= 11 is 0. The van der Waals surface area contributed by atoms with Crippen molar-refractivity contribution in [2.75, 3.05) is 7.11 Å². The fraction of sp³-hybridized carbons (Fsp3) is 0.192. The second-order valence-corrected chi connectivity index (χ2v) is 7.65. The highest BCUT2D eigenvalue weighted by atomic mass is 16.5. The van der Waals surface area contributed by atoms with Crippen LogP contribution >= 0.6 is 0 Å². The molecule has 0 bridgehead atoms. The van der Waals surface area contributed by atoms with Crippen molar-refractivity contribution in [2.24, 2.45) is 0 Å². The summed E-state index contributed by atoms with van der Waals surface area (Å²) in [6.45, 7) is 0.408. The first-order valence-corrected chi connectivity index (χ1v) is 10.4. The summed E-state index contributed by atoms with van der Waals surface area (Å²) in [7, 11) is 1.28. The summed E-state index contributed by atoms with van der Waals surface area (Å²) in [5.41, 5.74) is 2.18. The van der Waals surface area contributed by atoms with Gasteiger partial charge < -0.3 is 14.5 Å². The molecular weight excluding hydrogens is 404 g/mol. The molecule has 1 saturated heterocycles. The first kappa shape index (κ1) is 21.3. The number of amides is 2. The van der Waals surface area contributed by atoms with E-state index in [1.807, 2.05) is 66.7 Å². The number of ketones is 1. The molecule has 6 nitrogen and oxygen atoms in total. The fourth-order valence-electron chi connectivity index (χ4n) is 4.07. The summed E-state index contributed by atoms with van der Waals surface area (Å²) in [4.78, 5) is 43.0. The quantitative estimate of drug-likeness (QED) is 0.423. The van der Waals surface area contributed by atoms with Gasteiger partial charge >= 0.3 is 12.0 Å². The Bertz CT molecular complexity index is 1090. The van der Waals surface area contributed by atoms with Crippen molar-refractivity contribution in [3.05, 3.63) is 108 Å². The third-order valence-corrected chi connectivity index (χ3v) is 5.62. The highest BCUT2D eigenvalue weighted by molar-refractivity contribution is 6.07. The third kappa shape index (κ3) is 4.25. The van der Waals surface area contributed by atoms with Crippen molar-refractivity contribution in [1.82, 2.24) is 9.80 Å². The standard InChI is InChI=1S/C26H24N2O4/c1-32-25(30)23-22(24(29)21-15-9-4-10-16-21)27(17-19-11-5-2-6-12-19)26(31)28(23)18-20-13-7-3-8-14-20/h2-16,22-23H,17-18H2,1H3. The van der Waals surface area contributed by atoms with E-state index < -0.39 is 18.1 Å². The van der Waals surface area contributed by atoms with Crippen LogP contribution in [-0.2, 0) is 22.6 Å². The molecule has 0 saturated carbocycles. The molecule has 0 radical (unpaired) electrons. The Hall–Kier alpha value is -3.93. The monoisotopic (exact) mass is 428 g/mol. The minimum atomic E-state index is -1.05. The molecule has 1 fully saturated rings. The molecule has 0 aromatic heterocycles. The van der Waals surface area contributed by atoms with Gasteiger partial charge in [-0.25, -0.2) is 9.59 Å². The molecule has 162 valence electrons. The molecule has 1 aliphatic rings. The number of hydrogen-bond donors (Lipinski definition) is 0. The summed E-state index contributed by atoms with van der Waals surface area (Å²) in [6.07, 6.45) is 0. The number of nitrogens with zero attached hydrogens (tertiary/aromatic N) is 2. The second kappa shape index (κ2) is 9.47. The number of hydrogen-bond acceptors (Lipinski definition) is 4. The van der Waals surface area contributed by atoms with Gasteiger partial charge in [0, 0.05) is 18.7 Å². The Morgan fingerprint density at radius 1 is 0.719 bits per heavy atom. The van der Waals surface area contributed by atoms with Gasteiger partial charge in [0.1, 0.15) is 6.04 Å². The number of Topliss-reactive ketones (excluding diaryl/α,β-unsaturated/α-hetero) is 1. The smallest absolute Gasteiger partial charge is 0.331 e. The highest BCUT2D eigenvalue weighted by Gasteiger charge is 2.53. The van der Waals surface area contributed by atoms with Gasteiger partial charge in [-0.05, 0) is 11.1 Å². The largest absolute Gasteiger partial charge is 0.467 e. The molecule has 0 N–H and O–H groups in total. The van der Waals surface area contributed by atoms with Crippen molar-refractivity contribution >= 4 is 17.8 Å². The number of ether oxygens (including phenoxy) is 1. The highest BCUT2D eigenvalue weighted by Crippen LogP contribution is 2.30. The molecule has 1 aliphatic heterocycles. The van der Waals surface area contributed by atoms with E-state index in [0.717, 1.165) is 11.1 Å². The Morgan fingerprint density at radius 2 is 1.16 bits per heavy atom. The maximum atomic E-state index is 13.6. The van der Waals surface area contributed by atoms with Gasteiger partial charge in [0.15, 0.2) is 11.8 Å². The number of esters is 1. The van der Waals surface area contributed by atoms with Crippen LogP contribution in [0.3, 0.4) is 0 Å².